The molecular weight excluding hydrogens is 440 g/mol. The van der Waals surface area contributed by atoms with Gasteiger partial charge in [-0.05, 0) is 18.8 Å². The summed E-state index contributed by atoms with van der Waals surface area (Å²) in [6, 6.07) is -5.28. The zero-order valence-electron chi connectivity index (χ0n) is 18.6. The first kappa shape index (κ1) is 29.5. The van der Waals surface area contributed by atoms with Crippen LogP contribution in [0.4, 0.5) is 0 Å². The Labute approximate surface area is 190 Å². The molecule has 13 N–H and O–H groups in total. The minimum atomic E-state index is -1.50. The Morgan fingerprint density at radius 3 is 1.91 bits per heavy atom. The number of rotatable bonds is 15. The molecule has 0 spiro atoms. The van der Waals surface area contributed by atoms with E-state index in [1.807, 2.05) is 0 Å². The summed E-state index contributed by atoms with van der Waals surface area (Å²) in [5.74, 6) is -5.34. The minimum absolute atomic E-state index is 0.0199. The maximum absolute atomic E-state index is 12.7. The third-order valence-electron chi connectivity index (χ3n) is 4.38. The number of amides is 4. The van der Waals surface area contributed by atoms with Crippen molar-refractivity contribution in [2.24, 2.45) is 33.8 Å². The average Bonchev–Trinajstić information content (AvgIpc) is 2.70. The molecule has 0 aliphatic carbocycles. The van der Waals surface area contributed by atoms with Crippen molar-refractivity contribution in [1.29, 1.82) is 0 Å². The summed E-state index contributed by atoms with van der Waals surface area (Å²) in [5.41, 5.74) is 21.0. The number of guanidine groups is 1. The number of nitrogens with two attached hydrogens (primary N) is 4. The first-order valence-electron chi connectivity index (χ1n) is 10.1. The maximum Gasteiger partial charge on any atom is 0.326 e. The van der Waals surface area contributed by atoms with Gasteiger partial charge in [0.25, 0.3) is 0 Å². The molecule has 0 aromatic carbocycles. The molecule has 15 heteroatoms. The van der Waals surface area contributed by atoms with Crippen LogP contribution in [-0.4, -0.2) is 83.1 Å². The van der Waals surface area contributed by atoms with Gasteiger partial charge in [0.2, 0.25) is 23.6 Å². The van der Waals surface area contributed by atoms with E-state index in [9.17, 15) is 34.2 Å². The van der Waals surface area contributed by atoms with Crippen molar-refractivity contribution in [2.75, 3.05) is 13.2 Å². The highest BCUT2D eigenvalue weighted by Crippen LogP contribution is 2.05. The van der Waals surface area contributed by atoms with Gasteiger partial charge in [-0.25, -0.2) is 4.79 Å². The summed E-state index contributed by atoms with van der Waals surface area (Å²) in [6.07, 6.45) is -0.214. The van der Waals surface area contributed by atoms with Crippen LogP contribution in [0.5, 0.6) is 0 Å². The summed E-state index contributed by atoms with van der Waals surface area (Å²) in [5, 5.41) is 25.7. The van der Waals surface area contributed by atoms with Crippen LogP contribution in [0.3, 0.4) is 0 Å². The molecule has 0 heterocycles. The van der Waals surface area contributed by atoms with E-state index in [0.29, 0.717) is 0 Å². The number of aliphatic hydroxyl groups is 1. The van der Waals surface area contributed by atoms with Crippen LogP contribution in [0.15, 0.2) is 4.99 Å². The van der Waals surface area contributed by atoms with Crippen molar-refractivity contribution in [1.82, 2.24) is 16.0 Å². The van der Waals surface area contributed by atoms with Crippen LogP contribution in [0, 0.1) is 5.92 Å². The van der Waals surface area contributed by atoms with Crippen LogP contribution in [-0.2, 0) is 24.0 Å². The first-order chi connectivity index (χ1) is 15.3. The minimum Gasteiger partial charge on any atom is -0.480 e. The molecule has 15 nitrogen and oxygen atoms in total. The fourth-order valence-corrected chi connectivity index (χ4v) is 2.59. The Hall–Kier alpha value is -3.46. The Bertz CT molecular complexity index is 739. The zero-order chi connectivity index (χ0) is 25.7. The van der Waals surface area contributed by atoms with Gasteiger partial charge in [0.15, 0.2) is 5.96 Å². The molecule has 33 heavy (non-hydrogen) atoms. The van der Waals surface area contributed by atoms with Gasteiger partial charge in [-0.15, -0.1) is 0 Å². The number of primary amides is 1. The van der Waals surface area contributed by atoms with Gasteiger partial charge >= 0.3 is 5.97 Å². The Kier molecular flexibility index (Phi) is 13.0. The molecule has 0 radical (unpaired) electrons. The van der Waals surface area contributed by atoms with Crippen molar-refractivity contribution in [2.45, 2.75) is 57.3 Å². The monoisotopic (exact) mass is 474 g/mol. The molecule has 0 aromatic heterocycles. The van der Waals surface area contributed by atoms with Crippen LogP contribution in [0.25, 0.3) is 0 Å². The number of aliphatic hydroxyl groups excluding tert-OH is 1. The van der Waals surface area contributed by atoms with Crippen molar-refractivity contribution in [3.63, 3.8) is 0 Å². The lowest BCUT2D eigenvalue weighted by Crippen LogP contribution is -2.58. The normalized spacial score (nSPS) is 14.3. The lowest BCUT2D eigenvalue weighted by molar-refractivity contribution is -0.143. The number of carboxylic acids is 1. The Balaban J connectivity index is 5.39. The third-order valence-corrected chi connectivity index (χ3v) is 4.38. The molecule has 0 aliphatic heterocycles. The van der Waals surface area contributed by atoms with E-state index in [-0.39, 0.29) is 25.3 Å². The topological polar surface area (TPSA) is 278 Å². The molecule has 188 valence electrons. The maximum atomic E-state index is 12.7. The van der Waals surface area contributed by atoms with Crippen molar-refractivity contribution in [3.05, 3.63) is 0 Å². The molecule has 4 amide bonds. The van der Waals surface area contributed by atoms with E-state index in [1.165, 1.54) is 0 Å². The highest BCUT2D eigenvalue weighted by Gasteiger charge is 2.31. The predicted molar refractivity (Wildman–Crippen MR) is 117 cm³/mol. The van der Waals surface area contributed by atoms with Gasteiger partial charge < -0.3 is 49.1 Å². The van der Waals surface area contributed by atoms with Crippen molar-refractivity contribution < 1.29 is 34.2 Å². The lowest BCUT2D eigenvalue weighted by atomic mass is 10.0. The summed E-state index contributed by atoms with van der Waals surface area (Å²) in [7, 11) is 0. The van der Waals surface area contributed by atoms with E-state index in [2.05, 4.69) is 20.9 Å². The molecule has 4 atom stereocenters. The van der Waals surface area contributed by atoms with Gasteiger partial charge in [-0.1, -0.05) is 13.8 Å². The second-order valence-corrected chi connectivity index (χ2v) is 7.60. The number of aliphatic carboxylic acids is 1. The van der Waals surface area contributed by atoms with Gasteiger partial charge in [-0.2, -0.15) is 0 Å². The largest absolute Gasteiger partial charge is 0.480 e. The quantitative estimate of drug-likeness (QED) is 0.0622. The third kappa shape index (κ3) is 11.6. The fraction of sp³-hybridized carbons (Fsp3) is 0.667. The van der Waals surface area contributed by atoms with Crippen LogP contribution in [0.2, 0.25) is 0 Å². The lowest BCUT2D eigenvalue weighted by Gasteiger charge is -2.25. The van der Waals surface area contributed by atoms with Gasteiger partial charge in [0.1, 0.15) is 18.1 Å². The number of carbonyl (C=O) groups excluding carboxylic acids is 4. The van der Waals surface area contributed by atoms with E-state index in [0.717, 1.165) is 0 Å². The number of aliphatic imine (C=N–C) groups is 1. The summed E-state index contributed by atoms with van der Waals surface area (Å²) in [6.45, 7) is 2.49. The SMILES string of the molecule is CC(C)C(NC(=O)C(CCCN=C(N)N)NC(=O)C(CO)NC(=O)C(N)CC(N)=O)C(=O)O. The van der Waals surface area contributed by atoms with Crippen molar-refractivity contribution in [3.8, 4) is 0 Å². The molecule has 0 saturated carbocycles. The number of carbonyl (C=O) groups is 5. The smallest absolute Gasteiger partial charge is 0.326 e. The Morgan fingerprint density at radius 2 is 1.45 bits per heavy atom. The van der Waals surface area contributed by atoms with E-state index in [4.69, 9.17) is 22.9 Å². The number of hydrogen-bond donors (Lipinski definition) is 9. The number of nitrogens with zero attached hydrogens (tertiary/aromatic N) is 1. The molecule has 0 aromatic rings. The van der Waals surface area contributed by atoms with Crippen molar-refractivity contribution >= 4 is 35.6 Å². The van der Waals surface area contributed by atoms with E-state index in [1.54, 1.807) is 13.8 Å². The van der Waals surface area contributed by atoms with E-state index >= 15 is 0 Å². The molecule has 0 rings (SSSR count). The molecule has 0 saturated heterocycles. The highest BCUT2D eigenvalue weighted by molar-refractivity contribution is 5.95. The standard InChI is InChI=1S/C18H34N8O7/c1-8(2)13(17(32)33)26-15(30)10(4-3-5-23-18(21)22)24-16(31)11(7-27)25-14(29)9(19)6-12(20)28/h8-11,13,27H,3-7,19H2,1-2H3,(H2,20,28)(H,24,31)(H,25,29)(H,26,30)(H,32,33)(H4,21,22,23). The fourth-order valence-electron chi connectivity index (χ4n) is 2.59. The van der Waals surface area contributed by atoms with Gasteiger partial charge in [0, 0.05) is 6.54 Å². The summed E-state index contributed by atoms with van der Waals surface area (Å²) in [4.78, 5) is 63.4. The predicted octanol–water partition coefficient (Wildman–Crippen LogP) is -4.57. The number of nitrogens with one attached hydrogen (secondary N) is 3. The molecule has 0 fully saturated rings. The Morgan fingerprint density at radius 1 is 0.909 bits per heavy atom. The van der Waals surface area contributed by atoms with Gasteiger partial charge in [-0.3, -0.25) is 24.2 Å². The molecule has 0 bridgehead atoms. The number of hydrogen-bond acceptors (Lipinski definition) is 8. The van der Waals surface area contributed by atoms with E-state index < -0.39 is 72.7 Å². The number of carboxylic acid groups (broad SMARTS) is 1. The second kappa shape index (κ2) is 14.6. The van der Waals surface area contributed by atoms with Crippen LogP contribution >= 0.6 is 0 Å². The second-order valence-electron chi connectivity index (χ2n) is 7.60. The highest BCUT2D eigenvalue weighted by atomic mass is 16.4. The zero-order valence-corrected chi connectivity index (χ0v) is 18.6. The van der Waals surface area contributed by atoms with Gasteiger partial charge in [0.05, 0.1) is 19.1 Å². The van der Waals surface area contributed by atoms with Crippen LogP contribution in [0.1, 0.15) is 33.1 Å². The average molecular weight is 475 g/mol. The summed E-state index contributed by atoms with van der Waals surface area (Å²) < 4.78 is 0. The molecular formula is C18H34N8O7. The molecule has 0 aliphatic rings. The summed E-state index contributed by atoms with van der Waals surface area (Å²) >= 11 is 0. The molecule has 4 unspecified atom stereocenters. The first-order valence-corrected chi connectivity index (χ1v) is 10.1. The van der Waals surface area contributed by atoms with Crippen LogP contribution < -0.4 is 38.9 Å².